The van der Waals surface area contributed by atoms with Gasteiger partial charge in [0.2, 0.25) is 0 Å². The molecule has 0 spiro atoms. The normalized spacial score (nSPS) is 14.8. The molecule has 0 saturated carbocycles. The molecule has 0 aromatic rings. The highest BCUT2D eigenvalue weighted by Gasteiger charge is 2.53. The number of aliphatic hydroxyl groups is 3. The quantitative estimate of drug-likeness (QED) is 0.0503. The third-order valence-corrected chi connectivity index (χ3v) is 8.55. The second-order valence-corrected chi connectivity index (χ2v) is 12.7. The van der Waals surface area contributed by atoms with E-state index in [1.165, 1.54) is 57.8 Å². The summed E-state index contributed by atoms with van der Waals surface area (Å²) in [4.78, 5) is 37.6. The fraction of sp³-hybridized carbons (Fsp3) is 0.769. The lowest BCUT2D eigenvalue weighted by Crippen LogP contribution is -2.62. The van der Waals surface area contributed by atoms with Gasteiger partial charge in [0.1, 0.15) is 0 Å². The molecule has 3 N–H and O–H groups in total. The molecule has 260 valence electrons. The molecule has 0 aliphatic rings. The zero-order valence-electron chi connectivity index (χ0n) is 29.2. The fourth-order valence-electron chi connectivity index (χ4n) is 5.57. The first-order chi connectivity index (χ1) is 21.7. The number of Topliss-reactive ketones (excluding diaryl/α,β-unsaturated/α-hetero) is 3. The largest absolute Gasteiger partial charge is 0.382 e. The molecule has 0 radical (unpaired) electrons. The van der Waals surface area contributed by atoms with Crippen LogP contribution in [0.5, 0.6) is 0 Å². The number of rotatable bonds is 32. The molecule has 0 rings (SSSR count). The van der Waals surface area contributed by atoms with E-state index < -0.39 is 35.2 Å². The maximum Gasteiger partial charge on any atom is 0.189 e. The number of carbonyl (C=O) groups is 3. The van der Waals surface area contributed by atoms with Crippen molar-refractivity contribution >= 4 is 17.3 Å². The first kappa shape index (κ1) is 43.1. The Bertz CT molecular complexity index is 844. The van der Waals surface area contributed by atoms with Gasteiger partial charge in [0, 0.05) is 12.8 Å². The minimum atomic E-state index is -2.80. The van der Waals surface area contributed by atoms with Crippen molar-refractivity contribution in [2.45, 2.75) is 193 Å². The predicted molar refractivity (Wildman–Crippen MR) is 187 cm³/mol. The van der Waals surface area contributed by atoms with Crippen LogP contribution in [0, 0.1) is 0 Å². The van der Waals surface area contributed by atoms with Gasteiger partial charge in [-0.25, -0.2) is 0 Å². The van der Waals surface area contributed by atoms with Crippen LogP contribution < -0.4 is 0 Å². The van der Waals surface area contributed by atoms with E-state index in [0.29, 0.717) is 12.8 Å². The van der Waals surface area contributed by atoms with Crippen molar-refractivity contribution in [3.05, 3.63) is 36.5 Å². The van der Waals surface area contributed by atoms with Gasteiger partial charge in [-0.15, -0.1) is 0 Å². The average molecular weight is 633 g/mol. The standard InChI is InChI=1S/C39H68O6/c1-4-6-8-10-12-14-16-18-19-21-23-25-27-29-31-33-36(42)39(45,37(43)34(3)40)38(44)35(41)32-30-28-26-24-22-20-17-15-13-11-9-7-5-2/h6,8,12,14,18-19,37-38,43-45H,4-5,7,9-11,13,15-17,20-33H2,1-3H3/b8-6-,14-12-,19-18-. The van der Waals surface area contributed by atoms with Gasteiger partial charge in [0.25, 0.3) is 0 Å². The molecule has 6 heteroatoms. The van der Waals surface area contributed by atoms with E-state index in [4.69, 9.17) is 0 Å². The number of hydrogen-bond acceptors (Lipinski definition) is 6. The van der Waals surface area contributed by atoms with Crippen LogP contribution in [0.3, 0.4) is 0 Å². The zero-order chi connectivity index (χ0) is 33.6. The van der Waals surface area contributed by atoms with E-state index in [2.05, 4.69) is 50.3 Å². The van der Waals surface area contributed by atoms with E-state index in [1.807, 2.05) is 0 Å². The Kier molecular flexibility index (Phi) is 28.3. The summed E-state index contributed by atoms with van der Waals surface area (Å²) < 4.78 is 0. The molecule has 3 unspecified atom stereocenters. The molecular weight excluding hydrogens is 564 g/mol. The van der Waals surface area contributed by atoms with Gasteiger partial charge >= 0.3 is 0 Å². The first-order valence-corrected chi connectivity index (χ1v) is 18.3. The van der Waals surface area contributed by atoms with Crippen molar-refractivity contribution in [3.63, 3.8) is 0 Å². The number of unbranched alkanes of at least 4 members (excludes halogenated alkanes) is 17. The molecule has 45 heavy (non-hydrogen) atoms. The maximum atomic E-state index is 13.0. The Morgan fingerprint density at radius 3 is 1.47 bits per heavy atom. The molecule has 0 heterocycles. The van der Waals surface area contributed by atoms with Gasteiger partial charge in [0.05, 0.1) is 0 Å². The number of aliphatic hydroxyl groups excluding tert-OH is 2. The summed E-state index contributed by atoms with van der Waals surface area (Å²) in [6.45, 7) is 5.40. The van der Waals surface area contributed by atoms with Gasteiger partial charge in [-0.1, -0.05) is 147 Å². The fourth-order valence-corrected chi connectivity index (χ4v) is 5.57. The monoisotopic (exact) mass is 633 g/mol. The van der Waals surface area contributed by atoms with Crippen LogP contribution in [-0.2, 0) is 14.4 Å². The summed E-state index contributed by atoms with van der Waals surface area (Å²) in [6.07, 6.45) is 31.9. The predicted octanol–water partition coefficient (Wildman–Crippen LogP) is 9.24. The van der Waals surface area contributed by atoms with Crippen LogP contribution in [-0.4, -0.2) is 50.5 Å². The molecule has 0 amide bonds. The molecule has 0 aromatic heterocycles. The average Bonchev–Trinajstić information content (AvgIpc) is 3.03. The van der Waals surface area contributed by atoms with Crippen LogP contribution in [0.4, 0.5) is 0 Å². The molecule has 3 atom stereocenters. The lowest BCUT2D eigenvalue weighted by molar-refractivity contribution is -0.181. The summed E-state index contributed by atoms with van der Waals surface area (Å²) in [6, 6.07) is 0. The summed E-state index contributed by atoms with van der Waals surface area (Å²) >= 11 is 0. The topological polar surface area (TPSA) is 112 Å². The lowest BCUT2D eigenvalue weighted by atomic mass is 9.79. The Labute approximate surface area is 275 Å². The molecule has 0 bridgehead atoms. The molecule has 0 aromatic carbocycles. The number of carbonyl (C=O) groups excluding carboxylic acids is 3. The van der Waals surface area contributed by atoms with E-state index >= 15 is 0 Å². The smallest absolute Gasteiger partial charge is 0.189 e. The number of hydrogen-bond donors (Lipinski definition) is 3. The van der Waals surface area contributed by atoms with Crippen LogP contribution in [0.25, 0.3) is 0 Å². The van der Waals surface area contributed by atoms with Crippen LogP contribution >= 0.6 is 0 Å². The van der Waals surface area contributed by atoms with E-state index in [0.717, 1.165) is 77.6 Å². The van der Waals surface area contributed by atoms with Crippen LogP contribution in [0.1, 0.15) is 175 Å². The summed E-state index contributed by atoms with van der Waals surface area (Å²) in [5.41, 5.74) is -2.80. The summed E-state index contributed by atoms with van der Waals surface area (Å²) in [5, 5.41) is 32.2. The molecule has 0 aliphatic heterocycles. The first-order valence-electron chi connectivity index (χ1n) is 18.3. The van der Waals surface area contributed by atoms with Gasteiger partial charge in [-0.3, -0.25) is 14.4 Å². The second kappa shape index (κ2) is 29.5. The van der Waals surface area contributed by atoms with Gasteiger partial charge in [0.15, 0.2) is 35.2 Å². The highest BCUT2D eigenvalue weighted by molar-refractivity contribution is 6.01. The van der Waals surface area contributed by atoms with E-state index in [9.17, 15) is 29.7 Å². The van der Waals surface area contributed by atoms with Crippen molar-refractivity contribution in [3.8, 4) is 0 Å². The van der Waals surface area contributed by atoms with Crippen LogP contribution in [0.2, 0.25) is 0 Å². The molecule has 0 fully saturated rings. The van der Waals surface area contributed by atoms with Crippen molar-refractivity contribution < 1.29 is 29.7 Å². The van der Waals surface area contributed by atoms with E-state index in [-0.39, 0.29) is 12.8 Å². The lowest BCUT2D eigenvalue weighted by Gasteiger charge is -2.33. The Hall–Kier alpha value is -1.89. The second-order valence-electron chi connectivity index (χ2n) is 12.7. The van der Waals surface area contributed by atoms with Crippen molar-refractivity contribution in [1.82, 2.24) is 0 Å². The van der Waals surface area contributed by atoms with Crippen molar-refractivity contribution in [2.75, 3.05) is 0 Å². The Balaban J connectivity index is 4.32. The minimum Gasteiger partial charge on any atom is -0.382 e. The van der Waals surface area contributed by atoms with Crippen molar-refractivity contribution in [1.29, 1.82) is 0 Å². The Morgan fingerprint density at radius 1 is 0.556 bits per heavy atom. The highest BCUT2D eigenvalue weighted by atomic mass is 16.4. The van der Waals surface area contributed by atoms with E-state index in [1.54, 1.807) is 0 Å². The Morgan fingerprint density at radius 2 is 0.978 bits per heavy atom. The SMILES string of the molecule is CC/C=C\C/C=C\C/C=C\CCCCCCCC(=O)C(O)(C(O)C(C)=O)C(O)C(=O)CCCCCCCCCCCCCCC. The highest BCUT2D eigenvalue weighted by Crippen LogP contribution is 2.25. The number of ketones is 3. The van der Waals surface area contributed by atoms with Gasteiger partial charge in [-0.05, 0) is 51.9 Å². The third-order valence-electron chi connectivity index (χ3n) is 8.55. The third kappa shape index (κ3) is 21.5. The molecule has 0 aliphatic carbocycles. The van der Waals surface area contributed by atoms with Crippen LogP contribution in [0.15, 0.2) is 36.5 Å². The van der Waals surface area contributed by atoms with Gasteiger partial charge < -0.3 is 15.3 Å². The summed E-state index contributed by atoms with van der Waals surface area (Å²) in [5.74, 6) is -2.40. The molecular formula is C39H68O6. The zero-order valence-corrected chi connectivity index (χ0v) is 29.2. The summed E-state index contributed by atoms with van der Waals surface area (Å²) in [7, 11) is 0. The maximum absolute atomic E-state index is 13.0. The number of allylic oxidation sites excluding steroid dienone is 6. The minimum absolute atomic E-state index is 0.000176. The van der Waals surface area contributed by atoms with Gasteiger partial charge in [-0.2, -0.15) is 0 Å². The molecule has 6 nitrogen and oxygen atoms in total. The van der Waals surface area contributed by atoms with Crippen molar-refractivity contribution in [2.24, 2.45) is 0 Å². The molecule has 0 saturated heterocycles.